The molecule has 0 aliphatic rings. The number of nitrogens with one attached hydrogen (secondary N) is 2. The van der Waals surface area contributed by atoms with Crippen LogP contribution in [0.4, 0.5) is 9.80 Å². The van der Waals surface area contributed by atoms with Crippen LogP contribution in [0.1, 0.15) is 17.4 Å². The lowest BCUT2D eigenvalue weighted by atomic mass is 10.4. The van der Waals surface area contributed by atoms with Crippen molar-refractivity contribution in [1.82, 2.24) is 10.4 Å². The van der Waals surface area contributed by atoms with Crippen LogP contribution >= 0.6 is 23.1 Å². The van der Waals surface area contributed by atoms with Crippen molar-refractivity contribution in [3.05, 3.63) is 5.69 Å². The molecule has 1 rings (SSSR count). The summed E-state index contributed by atoms with van der Waals surface area (Å²) in [6.45, 7) is 1.94. The number of nitrogens with two attached hydrogens (primary N) is 1. The van der Waals surface area contributed by atoms with Gasteiger partial charge in [-0.05, 0) is 13.2 Å². The number of nitrogens with zero attached hydrogens (tertiary/aromatic N) is 1. The van der Waals surface area contributed by atoms with Crippen molar-refractivity contribution in [2.75, 3.05) is 18.2 Å². The second kappa shape index (κ2) is 6.42. The zero-order valence-corrected chi connectivity index (χ0v) is 10.9. The van der Waals surface area contributed by atoms with Crippen LogP contribution in [0.5, 0.6) is 0 Å². The number of esters is 1. The van der Waals surface area contributed by atoms with Gasteiger partial charge in [-0.25, -0.2) is 20.4 Å². The molecule has 0 atom stereocenters. The summed E-state index contributed by atoms with van der Waals surface area (Å²) in [7, 11) is 0. The molecule has 0 radical (unpaired) electrons. The van der Waals surface area contributed by atoms with Crippen molar-refractivity contribution in [1.29, 1.82) is 0 Å². The van der Waals surface area contributed by atoms with E-state index >= 15 is 0 Å². The molecule has 0 saturated carbocycles. The number of hydrogen-bond donors (Lipinski definition) is 3. The quantitative estimate of drug-likeness (QED) is 0.249. The van der Waals surface area contributed by atoms with Crippen LogP contribution in [-0.4, -0.2) is 29.8 Å². The monoisotopic (exact) mass is 276 g/mol. The summed E-state index contributed by atoms with van der Waals surface area (Å²) in [6.07, 6.45) is 1.82. The van der Waals surface area contributed by atoms with Gasteiger partial charge in [0.25, 0.3) is 0 Å². The number of thioether (sulfide) groups is 1. The minimum Gasteiger partial charge on any atom is -0.461 e. The first-order valence-corrected chi connectivity index (χ1v) is 6.66. The molecule has 2 amide bonds. The predicted molar refractivity (Wildman–Crippen MR) is 66.2 cm³/mol. The molecule has 94 valence electrons. The number of rotatable bonds is 4. The van der Waals surface area contributed by atoms with Gasteiger partial charge in [0.15, 0.2) is 10.0 Å². The maximum Gasteiger partial charge on any atom is 0.360 e. The number of hydrazine groups is 1. The van der Waals surface area contributed by atoms with Gasteiger partial charge < -0.3 is 4.74 Å². The number of carbonyl (C=O) groups excluding carboxylic acids is 2. The van der Waals surface area contributed by atoms with Gasteiger partial charge in [0.05, 0.1) is 6.61 Å². The third-order valence-electron chi connectivity index (χ3n) is 1.61. The Bertz CT molecular complexity index is 421. The van der Waals surface area contributed by atoms with Gasteiger partial charge in [-0.1, -0.05) is 23.1 Å². The van der Waals surface area contributed by atoms with E-state index in [0.717, 1.165) is 0 Å². The highest BCUT2D eigenvalue weighted by molar-refractivity contribution is 8.00. The van der Waals surface area contributed by atoms with Crippen molar-refractivity contribution < 1.29 is 14.3 Å². The van der Waals surface area contributed by atoms with Gasteiger partial charge >= 0.3 is 12.0 Å². The van der Waals surface area contributed by atoms with Gasteiger partial charge in [0.2, 0.25) is 0 Å². The number of aromatic nitrogens is 1. The molecule has 0 fully saturated rings. The topological polar surface area (TPSA) is 106 Å². The summed E-state index contributed by atoms with van der Waals surface area (Å²) in [5.41, 5.74) is 2.00. The summed E-state index contributed by atoms with van der Waals surface area (Å²) >= 11 is 2.55. The molecule has 0 spiro atoms. The van der Waals surface area contributed by atoms with Crippen LogP contribution in [0.25, 0.3) is 0 Å². The molecule has 17 heavy (non-hydrogen) atoms. The Labute approximate surface area is 106 Å². The Hall–Kier alpha value is -1.32. The highest BCUT2D eigenvalue weighted by atomic mass is 32.2. The first-order valence-electron chi connectivity index (χ1n) is 4.61. The molecule has 0 bridgehead atoms. The lowest BCUT2D eigenvalue weighted by Gasteiger charge is -2.03. The van der Waals surface area contributed by atoms with E-state index in [9.17, 15) is 9.59 Å². The number of thiazole rings is 1. The number of hydrogen-bond acceptors (Lipinski definition) is 7. The Morgan fingerprint density at radius 1 is 1.59 bits per heavy atom. The highest BCUT2D eigenvalue weighted by Crippen LogP contribution is 2.30. The van der Waals surface area contributed by atoms with E-state index in [4.69, 9.17) is 10.6 Å². The third kappa shape index (κ3) is 3.58. The van der Waals surface area contributed by atoms with Gasteiger partial charge in [-0.15, -0.1) is 0 Å². The van der Waals surface area contributed by atoms with Crippen LogP contribution in [0.3, 0.4) is 0 Å². The molecular formula is C8H12N4O3S2. The number of carbonyl (C=O) groups is 2. The van der Waals surface area contributed by atoms with E-state index in [1.165, 1.54) is 23.1 Å². The van der Waals surface area contributed by atoms with Crippen LogP contribution in [0, 0.1) is 0 Å². The maximum atomic E-state index is 11.6. The van der Waals surface area contributed by atoms with E-state index < -0.39 is 12.0 Å². The molecule has 1 heterocycles. The Morgan fingerprint density at radius 3 is 2.82 bits per heavy atom. The molecule has 0 aliphatic heterocycles. The molecular weight excluding hydrogens is 264 g/mol. The molecule has 9 heteroatoms. The van der Waals surface area contributed by atoms with Crippen molar-refractivity contribution in [3.63, 3.8) is 0 Å². The smallest absolute Gasteiger partial charge is 0.360 e. The van der Waals surface area contributed by atoms with Crippen molar-refractivity contribution in [3.8, 4) is 0 Å². The Balaban J connectivity index is 2.96. The van der Waals surface area contributed by atoms with E-state index in [0.29, 0.717) is 9.34 Å². The van der Waals surface area contributed by atoms with Crippen LogP contribution in [-0.2, 0) is 4.74 Å². The largest absolute Gasteiger partial charge is 0.461 e. The second-order valence-electron chi connectivity index (χ2n) is 2.68. The first-order chi connectivity index (χ1) is 8.12. The minimum absolute atomic E-state index is 0.0878. The van der Waals surface area contributed by atoms with E-state index in [1.54, 1.807) is 6.92 Å². The van der Waals surface area contributed by atoms with Crippen LogP contribution in [0.15, 0.2) is 4.34 Å². The summed E-state index contributed by atoms with van der Waals surface area (Å²) in [4.78, 5) is 26.7. The molecule has 4 N–H and O–H groups in total. The maximum absolute atomic E-state index is 11.6. The molecule has 7 nitrogen and oxygen atoms in total. The Morgan fingerprint density at radius 2 is 2.29 bits per heavy atom. The lowest BCUT2D eigenvalue weighted by molar-refractivity contribution is 0.0521. The minimum atomic E-state index is -0.619. The van der Waals surface area contributed by atoms with Crippen molar-refractivity contribution in [2.45, 2.75) is 11.3 Å². The fraction of sp³-hybridized carbons (Fsp3) is 0.375. The van der Waals surface area contributed by atoms with E-state index in [-0.39, 0.29) is 12.3 Å². The number of amides is 2. The standard InChI is InChI=1S/C8H12N4O3S2/c1-3-15-6(13)4-5(11-7(14)12-9)17-8(10-4)16-2/h3,9H2,1-2H3,(H2,11,12,14). The molecule has 0 aliphatic carbocycles. The normalized spacial score (nSPS) is 9.82. The van der Waals surface area contributed by atoms with Crippen LogP contribution < -0.4 is 16.6 Å². The van der Waals surface area contributed by atoms with Gasteiger partial charge in [-0.3, -0.25) is 10.7 Å². The zero-order valence-electron chi connectivity index (χ0n) is 9.27. The van der Waals surface area contributed by atoms with Crippen LogP contribution in [0.2, 0.25) is 0 Å². The summed E-state index contributed by atoms with van der Waals surface area (Å²) in [5.74, 6) is 4.37. The molecule has 0 saturated heterocycles. The number of anilines is 1. The number of ether oxygens (including phenoxy) is 1. The van der Waals surface area contributed by atoms with E-state index in [1.807, 2.05) is 11.7 Å². The summed E-state index contributed by atoms with van der Waals surface area (Å²) in [6, 6.07) is -0.619. The fourth-order valence-corrected chi connectivity index (χ4v) is 2.40. The van der Waals surface area contributed by atoms with E-state index in [2.05, 4.69) is 10.3 Å². The highest BCUT2D eigenvalue weighted by Gasteiger charge is 2.20. The van der Waals surface area contributed by atoms with Crippen molar-refractivity contribution >= 4 is 40.1 Å². The average Bonchev–Trinajstić information content (AvgIpc) is 2.72. The zero-order chi connectivity index (χ0) is 12.8. The molecule has 0 unspecified atom stereocenters. The predicted octanol–water partition coefficient (Wildman–Crippen LogP) is 1.04. The second-order valence-corrected chi connectivity index (χ2v) is 4.73. The third-order valence-corrected chi connectivity index (χ3v) is 3.57. The first kappa shape index (κ1) is 13.7. The van der Waals surface area contributed by atoms with Gasteiger partial charge in [0, 0.05) is 0 Å². The van der Waals surface area contributed by atoms with Gasteiger partial charge in [0.1, 0.15) is 5.00 Å². The fourth-order valence-electron chi connectivity index (χ4n) is 0.950. The van der Waals surface area contributed by atoms with Gasteiger partial charge in [-0.2, -0.15) is 0 Å². The molecule has 1 aromatic heterocycles. The average molecular weight is 276 g/mol. The number of urea groups is 1. The summed E-state index contributed by atoms with van der Waals surface area (Å²) in [5, 5.41) is 2.74. The summed E-state index contributed by atoms with van der Waals surface area (Å²) < 4.78 is 5.49. The van der Waals surface area contributed by atoms with Crippen molar-refractivity contribution in [2.24, 2.45) is 5.84 Å². The SMILES string of the molecule is CCOC(=O)c1nc(SC)sc1NC(=O)NN. The lowest BCUT2D eigenvalue weighted by Crippen LogP contribution is -2.34. The Kier molecular flexibility index (Phi) is 5.19. The molecule has 0 aromatic carbocycles. The molecule has 1 aromatic rings.